The Hall–Kier alpha value is -1.56. The second kappa shape index (κ2) is 5.83. The smallest absolute Gasteiger partial charge is 0.319 e. The van der Waals surface area contributed by atoms with Crippen LogP contribution in [0, 0.1) is 6.92 Å². The van der Waals surface area contributed by atoms with Gasteiger partial charge in [0.1, 0.15) is 0 Å². The van der Waals surface area contributed by atoms with E-state index < -0.39 is 9.84 Å². The van der Waals surface area contributed by atoms with Gasteiger partial charge in [-0.05, 0) is 30.9 Å². The summed E-state index contributed by atoms with van der Waals surface area (Å²) in [5.74, 6) is 0.192. The molecule has 0 spiro atoms. The first-order chi connectivity index (χ1) is 9.41. The zero-order valence-corrected chi connectivity index (χ0v) is 12.6. The summed E-state index contributed by atoms with van der Waals surface area (Å²) in [6, 6.07) is 5.25. The monoisotopic (exact) mass is 296 g/mol. The summed E-state index contributed by atoms with van der Waals surface area (Å²) in [7, 11) is -2.98. The van der Waals surface area contributed by atoms with E-state index in [0.717, 1.165) is 23.2 Å². The number of anilines is 1. The fourth-order valence-electron chi connectivity index (χ4n) is 2.45. The standard InChI is InChI=1S/C14H20N2O3S/c1-3-11-6-4-5-10(2)13(11)16-14(17)15-12-7-8-20(18,19)9-12/h4-6,12H,3,7-9H2,1-2H3,(H2,15,16,17). The highest BCUT2D eigenvalue weighted by Gasteiger charge is 2.29. The number of carbonyl (C=O) groups is 1. The first kappa shape index (κ1) is 14.8. The number of hydrogen-bond acceptors (Lipinski definition) is 3. The van der Waals surface area contributed by atoms with E-state index in [9.17, 15) is 13.2 Å². The van der Waals surface area contributed by atoms with Crippen molar-refractivity contribution in [2.24, 2.45) is 0 Å². The molecule has 1 unspecified atom stereocenters. The third-order valence-electron chi connectivity index (χ3n) is 3.55. The molecule has 1 aliphatic heterocycles. The summed E-state index contributed by atoms with van der Waals surface area (Å²) in [4.78, 5) is 12.0. The van der Waals surface area contributed by atoms with Crippen LogP contribution >= 0.6 is 0 Å². The molecule has 1 aromatic rings. The molecular weight excluding hydrogens is 276 g/mol. The lowest BCUT2D eigenvalue weighted by Gasteiger charge is -2.16. The molecule has 2 rings (SSSR count). The molecule has 2 amide bonds. The molecule has 0 aliphatic carbocycles. The molecule has 1 atom stereocenters. The molecule has 110 valence electrons. The van der Waals surface area contributed by atoms with Crippen LogP contribution in [0.3, 0.4) is 0 Å². The van der Waals surface area contributed by atoms with Gasteiger partial charge in [-0.25, -0.2) is 13.2 Å². The average Bonchev–Trinajstić information content (AvgIpc) is 2.71. The van der Waals surface area contributed by atoms with Gasteiger partial charge in [0.2, 0.25) is 0 Å². The number of carbonyl (C=O) groups excluding carboxylic acids is 1. The highest BCUT2D eigenvalue weighted by Crippen LogP contribution is 2.21. The Bertz CT molecular complexity index is 611. The van der Waals surface area contributed by atoms with Gasteiger partial charge in [0, 0.05) is 11.7 Å². The highest BCUT2D eigenvalue weighted by molar-refractivity contribution is 7.91. The van der Waals surface area contributed by atoms with Gasteiger partial charge in [-0.15, -0.1) is 0 Å². The van der Waals surface area contributed by atoms with Crippen molar-refractivity contribution in [1.82, 2.24) is 5.32 Å². The molecule has 2 N–H and O–H groups in total. The molecule has 20 heavy (non-hydrogen) atoms. The molecule has 5 nitrogen and oxygen atoms in total. The second-order valence-electron chi connectivity index (χ2n) is 5.16. The van der Waals surface area contributed by atoms with Gasteiger partial charge in [0.25, 0.3) is 0 Å². The van der Waals surface area contributed by atoms with E-state index in [4.69, 9.17) is 0 Å². The molecule has 1 fully saturated rings. The summed E-state index contributed by atoms with van der Waals surface area (Å²) in [5.41, 5.74) is 2.88. The van der Waals surface area contributed by atoms with Crippen molar-refractivity contribution in [2.45, 2.75) is 32.7 Å². The quantitative estimate of drug-likeness (QED) is 0.894. The Morgan fingerprint density at radius 2 is 2.15 bits per heavy atom. The molecule has 0 bridgehead atoms. The molecule has 1 heterocycles. The Morgan fingerprint density at radius 1 is 1.40 bits per heavy atom. The Kier molecular flexibility index (Phi) is 4.32. The summed E-state index contributed by atoms with van der Waals surface area (Å²) in [5, 5.41) is 5.57. The lowest BCUT2D eigenvalue weighted by atomic mass is 10.1. The number of rotatable bonds is 3. The van der Waals surface area contributed by atoms with Gasteiger partial charge in [0.15, 0.2) is 9.84 Å². The zero-order valence-electron chi connectivity index (χ0n) is 11.8. The first-order valence-corrected chi connectivity index (χ1v) is 8.60. The van der Waals surface area contributed by atoms with E-state index >= 15 is 0 Å². The number of para-hydroxylation sites is 1. The maximum Gasteiger partial charge on any atom is 0.319 e. The lowest BCUT2D eigenvalue weighted by Crippen LogP contribution is -2.38. The number of urea groups is 1. The van der Waals surface area contributed by atoms with Gasteiger partial charge in [-0.2, -0.15) is 0 Å². The Morgan fingerprint density at radius 3 is 2.75 bits per heavy atom. The van der Waals surface area contributed by atoms with Crippen molar-refractivity contribution in [3.8, 4) is 0 Å². The minimum atomic E-state index is -2.98. The molecule has 1 aliphatic rings. The van der Waals surface area contributed by atoms with Crippen LogP contribution in [0.25, 0.3) is 0 Å². The third-order valence-corrected chi connectivity index (χ3v) is 5.31. The van der Waals surface area contributed by atoms with Crippen molar-refractivity contribution >= 4 is 21.6 Å². The summed E-state index contributed by atoms with van der Waals surface area (Å²) in [6.07, 6.45) is 1.32. The van der Waals surface area contributed by atoms with Crippen LogP contribution in [0.15, 0.2) is 18.2 Å². The van der Waals surface area contributed by atoms with E-state index in [1.54, 1.807) is 0 Å². The van der Waals surface area contributed by atoms with Gasteiger partial charge < -0.3 is 10.6 Å². The van der Waals surface area contributed by atoms with Crippen LogP contribution in [-0.2, 0) is 16.3 Å². The topological polar surface area (TPSA) is 75.3 Å². The van der Waals surface area contributed by atoms with Gasteiger partial charge in [-0.1, -0.05) is 25.1 Å². The molecule has 1 saturated heterocycles. The molecule has 6 heteroatoms. The molecule has 0 aromatic heterocycles. The molecule has 0 radical (unpaired) electrons. The van der Waals surface area contributed by atoms with E-state index in [0.29, 0.717) is 6.42 Å². The van der Waals surface area contributed by atoms with Gasteiger partial charge >= 0.3 is 6.03 Å². The van der Waals surface area contributed by atoms with Crippen molar-refractivity contribution in [3.05, 3.63) is 29.3 Å². The first-order valence-electron chi connectivity index (χ1n) is 6.77. The Balaban J connectivity index is 2.02. The van der Waals surface area contributed by atoms with Crippen molar-refractivity contribution in [2.75, 3.05) is 16.8 Å². The maximum absolute atomic E-state index is 12.0. The number of nitrogens with one attached hydrogen (secondary N) is 2. The summed E-state index contributed by atoms with van der Waals surface area (Å²) >= 11 is 0. The molecular formula is C14H20N2O3S. The SMILES string of the molecule is CCc1cccc(C)c1NC(=O)NC1CCS(=O)(=O)C1. The molecule has 1 aromatic carbocycles. The number of hydrogen-bond donors (Lipinski definition) is 2. The second-order valence-corrected chi connectivity index (χ2v) is 7.39. The van der Waals surface area contributed by atoms with Crippen molar-refractivity contribution in [3.63, 3.8) is 0 Å². The fourth-order valence-corrected chi connectivity index (χ4v) is 4.12. The van der Waals surface area contributed by atoms with Crippen molar-refractivity contribution < 1.29 is 13.2 Å². The van der Waals surface area contributed by atoms with Crippen molar-refractivity contribution in [1.29, 1.82) is 0 Å². The van der Waals surface area contributed by atoms with Crippen LogP contribution in [0.4, 0.5) is 10.5 Å². The van der Waals surface area contributed by atoms with Crippen LogP contribution in [0.2, 0.25) is 0 Å². The van der Waals surface area contributed by atoms with E-state index in [2.05, 4.69) is 10.6 Å². The highest BCUT2D eigenvalue weighted by atomic mass is 32.2. The van der Waals surface area contributed by atoms with Crippen LogP contribution in [0.5, 0.6) is 0 Å². The number of sulfone groups is 1. The predicted octanol–water partition coefficient (Wildman–Crippen LogP) is 1.87. The molecule has 0 saturated carbocycles. The maximum atomic E-state index is 12.0. The van der Waals surface area contributed by atoms with Crippen LogP contribution in [-0.4, -0.2) is 32.0 Å². The van der Waals surface area contributed by atoms with Crippen LogP contribution in [0.1, 0.15) is 24.5 Å². The largest absolute Gasteiger partial charge is 0.334 e. The third kappa shape index (κ3) is 3.50. The van der Waals surface area contributed by atoms with Gasteiger partial charge in [0.05, 0.1) is 11.5 Å². The normalized spacial score (nSPS) is 20.6. The average molecular weight is 296 g/mol. The number of benzene rings is 1. The van der Waals surface area contributed by atoms with E-state index in [-0.39, 0.29) is 23.6 Å². The minimum absolute atomic E-state index is 0.0365. The summed E-state index contributed by atoms with van der Waals surface area (Å²) in [6.45, 7) is 3.97. The Labute approximate surface area is 119 Å². The van der Waals surface area contributed by atoms with Crippen LogP contribution < -0.4 is 10.6 Å². The number of aryl methyl sites for hydroxylation is 2. The van der Waals surface area contributed by atoms with E-state index in [1.165, 1.54) is 0 Å². The predicted molar refractivity (Wildman–Crippen MR) is 79.8 cm³/mol. The zero-order chi connectivity index (χ0) is 14.8. The number of amides is 2. The lowest BCUT2D eigenvalue weighted by molar-refractivity contribution is 0.249. The minimum Gasteiger partial charge on any atom is -0.334 e. The fraction of sp³-hybridized carbons (Fsp3) is 0.500. The van der Waals surface area contributed by atoms with Gasteiger partial charge in [-0.3, -0.25) is 0 Å². The summed E-state index contributed by atoms with van der Waals surface area (Å²) < 4.78 is 22.7. The van der Waals surface area contributed by atoms with E-state index in [1.807, 2.05) is 32.0 Å².